The molecule has 9 nitrogen and oxygen atoms in total. The van der Waals surface area contributed by atoms with E-state index in [4.69, 9.17) is 9.57 Å². The second-order valence-electron chi connectivity index (χ2n) is 9.65. The van der Waals surface area contributed by atoms with Gasteiger partial charge in [-0.1, -0.05) is 13.0 Å². The van der Waals surface area contributed by atoms with Crippen LogP contribution in [0.1, 0.15) is 45.4 Å². The molecule has 0 bridgehead atoms. The first-order chi connectivity index (χ1) is 14.8. The number of aliphatic hydroxyl groups excluding tert-OH is 1. The van der Waals surface area contributed by atoms with Gasteiger partial charge in [-0.3, -0.25) is 14.6 Å². The summed E-state index contributed by atoms with van der Waals surface area (Å²) in [7, 11) is 1.42. The lowest BCUT2D eigenvalue weighted by atomic mass is 9.61. The van der Waals surface area contributed by atoms with Crippen molar-refractivity contribution in [3.8, 4) is 0 Å². The number of carbonyl (C=O) groups is 2. The summed E-state index contributed by atoms with van der Waals surface area (Å²) in [5, 5.41) is 24.6. The zero-order valence-electron chi connectivity index (χ0n) is 18.1. The van der Waals surface area contributed by atoms with Gasteiger partial charge in [0, 0.05) is 25.1 Å². The largest absolute Gasteiger partial charge is 0.493 e. The van der Waals surface area contributed by atoms with E-state index in [-0.39, 0.29) is 23.3 Å². The fourth-order valence-electron chi connectivity index (χ4n) is 6.52. The molecule has 2 fully saturated rings. The van der Waals surface area contributed by atoms with Crippen LogP contribution < -0.4 is 0 Å². The van der Waals surface area contributed by atoms with Gasteiger partial charge in [-0.25, -0.2) is 14.9 Å². The summed E-state index contributed by atoms with van der Waals surface area (Å²) >= 11 is 0. The van der Waals surface area contributed by atoms with E-state index in [0.29, 0.717) is 38.3 Å². The summed E-state index contributed by atoms with van der Waals surface area (Å²) in [4.78, 5) is 30.1. The second kappa shape index (κ2) is 7.41. The molecule has 2 aliphatic carbocycles. The minimum atomic E-state index is -1.17. The first-order valence-electron chi connectivity index (χ1n) is 11.3. The van der Waals surface area contributed by atoms with Gasteiger partial charge in [0.1, 0.15) is 12.1 Å². The van der Waals surface area contributed by atoms with E-state index in [0.717, 1.165) is 30.0 Å². The summed E-state index contributed by atoms with van der Waals surface area (Å²) in [6.45, 7) is 3.00. The Labute approximate surface area is 181 Å². The smallest absolute Gasteiger partial charge is 0.427 e. The van der Waals surface area contributed by atoms with Crippen molar-refractivity contribution in [2.45, 2.75) is 63.7 Å². The molecule has 2 amide bonds. The van der Waals surface area contributed by atoms with E-state index >= 15 is 0 Å². The molecule has 6 atom stereocenters. The molecule has 0 aromatic heterocycles. The van der Waals surface area contributed by atoms with Gasteiger partial charge in [0.25, 0.3) is 5.91 Å². The quantitative estimate of drug-likeness (QED) is 0.703. The van der Waals surface area contributed by atoms with E-state index in [9.17, 15) is 19.8 Å². The summed E-state index contributed by atoms with van der Waals surface area (Å²) in [5.41, 5.74) is 0.990. The van der Waals surface area contributed by atoms with Crippen molar-refractivity contribution in [1.29, 1.82) is 0 Å². The molecule has 170 valence electrons. The lowest BCUT2D eigenvalue weighted by molar-refractivity contribution is -0.172. The number of ether oxygens (including phenoxy) is 1. The predicted octanol–water partition coefficient (Wildman–Crippen LogP) is 2.10. The SMILES string of the molecule is CON1CC[C@H](N(C(=O)O)N2C=CC34CC(C)CC[C@H]3OC3=C4[C@H](C[C@@H](O)C3)C2)C1=O. The first kappa shape index (κ1) is 20.6. The van der Waals surface area contributed by atoms with E-state index in [1.807, 2.05) is 6.20 Å². The number of aliphatic hydroxyl groups is 1. The van der Waals surface area contributed by atoms with Crippen molar-refractivity contribution in [3.05, 3.63) is 23.6 Å². The summed E-state index contributed by atoms with van der Waals surface area (Å²) in [6.07, 6.45) is 6.80. The van der Waals surface area contributed by atoms with Gasteiger partial charge in [-0.15, -0.1) is 0 Å². The number of carbonyl (C=O) groups excluding carboxylic acids is 1. The summed E-state index contributed by atoms with van der Waals surface area (Å²) < 4.78 is 6.38. The molecule has 2 N–H and O–H groups in total. The molecule has 3 heterocycles. The van der Waals surface area contributed by atoms with Crippen LogP contribution in [-0.2, 0) is 14.4 Å². The highest BCUT2D eigenvalue weighted by Crippen LogP contribution is 2.59. The van der Waals surface area contributed by atoms with Crippen LogP contribution in [0, 0.1) is 17.3 Å². The molecule has 1 spiro atoms. The first-order valence-corrected chi connectivity index (χ1v) is 11.3. The van der Waals surface area contributed by atoms with Crippen LogP contribution in [0.15, 0.2) is 23.6 Å². The molecule has 2 unspecified atom stereocenters. The Morgan fingerprint density at radius 2 is 2.16 bits per heavy atom. The van der Waals surface area contributed by atoms with Crippen LogP contribution in [-0.4, -0.2) is 75.7 Å². The van der Waals surface area contributed by atoms with Crippen LogP contribution in [0.2, 0.25) is 0 Å². The zero-order valence-corrected chi connectivity index (χ0v) is 18.1. The number of carboxylic acid groups (broad SMARTS) is 1. The van der Waals surface area contributed by atoms with Crippen LogP contribution in [0.4, 0.5) is 4.79 Å². The van der Waals surface area contributed by atoms with Gasteiger partial charge in [0.2, 0.25) is 0 Å². The van der Waals surface area contributed by atoms with Gasteiger partial charge < -0.3 is 14.9 Å². The van der Waals surface area contributed by atoms with Crippen LogP contribution >= 0.6 is 0 Å². The van der Waals surface area contributed by atoms with Gasteiger partial charge in [-0.2, -0.15) is 0 Å². The second-order valence-corrected chi connectivity index (χ2v) is 9.65. The number of rotatable bonds is 3. The van der Waals surface area contributed by atoms with Gasteiger partial charge in [-0.05, 0) is 43.6 Å². The molecule has 0 radical (unpaired) electrons. The molecule has 5 aliphatic rings. The zero-order chi connectivity index (χ0) is 21.9. The van der Waals surface area contributed by atoms with Crippen molar-refractivity contribution in [2.24, 2.45) is 17.3 Å². The number of hydrogen-bond donors (Lipinski definition) is 2. The number of hydroxylamine groups is 2. The minimum absolute atomic E-state index is 0.0269. The minimum Gasteiger partial charge on any atom is -0.493 e. The van der Waals surface area contributed by atoms with Crippen LogP contribution in [0.3, 0.4) is 0 Å². The van der Waals surface area contributed by atoms with E-state index in [1.165, 1.54) is 17.7 Å². The Morgan fingerprint density at radius 3 is 2.87 bits per heavy atom. The molecule has 5 rings (SSSR count). The van der Waals surface area contributed by atoms with Crippen LogP contribution in [0.25, 0.3) is 0 Å². The van der Waals surface area contributed by atoms with Crippen molar-refractivity contribution >= 4 is 12.0 Å². The molecule has 0 aromatic carbocycles. The molecule has 9 heteroatoms. The predicted molar refractivity (Wildman–Crippen MR) is 109 cm³/mol. The molecular weight excluding hydrogens is 402 g/mol. The molecule has 0 aromatic rings. The average Bonchev–Trinajstić information content (AvgIpc) is 3.17. The number of amides is 2. The Kier molecular flexibility index (Phi) is 4.93. The van der Waals surface area contributed by atoms with Crippen molar-refractivity contribution in [3.63, 3.8) is 0 Å². The lowest BCUT2D eigenvalue weighted by Crippen LogP contribution is -2.53. The summed E-state index contributed by atoms with van der Waals surface area (Å²) in [6, 6.07) is -0.822. The Bertz CT molecular complexity index is 843. The normalized spacial score (nSPS) is 39.2. The van der Waals surface area contributed by atoms with Crippen LogP contribution in [0.5, 0.6) is 0 Å². The fraction of sp³-hybridized carbons (Fsp3) is 0.727. The van der Waals surface area contributed by atoms with E-state index in [2.05, 4.69) is 13.0 Å². The number of hydrogen-bond acceptors (Lipinski definition) is 6. The third-order valence-corrected chi connectivity index (χ3v) is 7.73. The fourth-order valence-corrected chi connectivity index (χ4v) is 6.52. The van der Waals surface area contributed by atoms with E-state index < -0.39 is 18.2 Å². The molecule has 1 saturated carbocycles. The maximum absolute atomic E-state index is 12.7. The highest BCUT2D eigenvalue weighted by Gasteiger charge is 2.56. The highest BCUT2D eigenvalue weighted by molar-refractivity contribution is 5.86. The third kappa shape index (κ3) is 3.12. The Morgan fingerprint density at radius 1 is 1.35 bits per heavy atom. The van der Waals surface area contributed by atoms with Gasteiger partial charge in [0.15, 0.2) is 0 Å². The lowest BCUT2D eigenvalue weighted by Gasteiger charge is -2.42. The Balaban J connectivity index is 1.53. The molecular formula is C22H31N3O6. The third-order valence-electron chi connectivity index (χ3n) is 7.73. The number of hydrazine groups is 1. The monoisotopic (exact) mass is 433 g/mol. The van der Waals surface area contributed by atoms with Crippen molar-refractivity contribution in [2.75, 3.05) is 20.2 Å². The molecule has 1 saturated heterocycles. The van der Waals surface area contributed by atoms with Gasteiger partial charge in [0.05, 0.1) is 30.9 Å². The standard InChI is InChI=1S/C22H31N3O6/c1-13-3-4-18-22(11-13)6-8-23(12-14-9-15(26)10-17(31-18)19(14)22)25(21(28)29)16-5-7-24(30-2)20(16)27/h6,8,13-16,18,26H,3-5,7,9-12H2,1-2H3,(H,28,29)/t13?,14-,15-,16+,18-,22?/m1/s1. The topological polar surface area (TPSA) is 103 Å². The molecule has 3 aliphatic heterocycles. The van der Waals surface area contributed by atoms with Crippen molar-refractivity contribution in [1.82, 2.24) is 15.1 Å². The van der Waals surface area contributed by atoms with Gasteiger partial charge >= 0.3 is 6.09 Å². The average molecular weight is 434 g/mol. The highest BCUT2D eigenvalue weighted by atomic mass is 16.7. The Hall–Kier alpha value is -2.26. The maximum Gasteiger partial charge on any atom is 0.427 e. The van der Waals surface area contributed by atoms with Crippen molar-refractivity contribution < 1.29 is 29.4 Å². The summed E-state index contributed by atoms with van der Waals surface area (Å²) in [5.74, 6) is 1.06. The number of nitrogens with zero attached hydrogens (tertiary/aromatic N) is 3. The molecule has 31 heavy (non-hydrogen) atoms. The van der Waals surface area contributed by atoms with E-state index in [1.54, 1.807) is 5.01 Å². The maximum atomic E-state index is 12.7.